The molecule has 8 nitrogen and oxygen atoms in total. The van der Waals surface area contributed by atoms with Gasteiger partial charge in [-0.05, 0) is 62.9 Å². The number of pyridine rings is 1. The Bertz CT molecular complexity index is 1180. The van der Waals surface area contributed by atoms with Gasteiger partial charge in [0.2, 0.25) is 5.91 Å². The summed E-state index contributed by atoms with van der Waals surface area (Å²) < 4.78 is 44.3. The summed E-state index contributed by atoms with van der Waals surface area (Å²) in [5.74, 6) is -0.638. The van der Waals surface area contributed by atoms with Gasteiger partial charge in [0.1, 0.15) is 23.2 Å². The standard InChI is InChI=1S/C27H34F2N4O4/c1-16(2)31-13-24(23(30)14-35-4)37-15-27(10-18-7-19(28)9-20(8-18)36-5)11-21(27)26(34)33-25-6-17(3)22(29)12-32-25/h6-9,12-13,16,21H,10-11,14-15,30H2,1-5H3,(H,32,33,34)/b24-23+,31-13?/t21-,27+/m0/s1. The van der Waals surface area contributed by atoms with E-state index >= 15 is 0 Å². The second kappa shape index (κ2) is 12.1. The first-order chi connectivity index (χ1) is 17.6. The number of methoxy groups -OCH3 is 2. The van der Waals surface area contributed by atoms with Gasteiger partial charge in [-0.15, -0.1) is 0 Å². The van der Waals surface area contributed by atoms with Gasteiger partial charge in [-0.25, -0.2) is 13.8 Å². The smallest absolute Gasteiger partial charge is 0.229 e. The number of aryl methyl sites for hydroxylation is 1. The summed E-state index contributed by atoms with van der Waals surface area (Å²) in [4.78, 5) is 21.5. The van der Waals surface area contributed by atoms with Crippen molar-refractivity contribution in [1.82, 2.24) is 4.98 Å². The monoisotopic (exact) mass is 516 g/mol. The summed E-state index contributed by atoms with van der Waals surface area (Å²) in [5.41, 5.74) is 6.90. The van der Waals surface area contributed by atoms with Crippen LogP contribution < -0.4 is 15.8 Å². The highest BCUT2D eigenvalue weighted by atomic mass is 19.1. The van der Waals surface area contributed by atoms with Crippen LogP contribution in [0.1, 0.15) is 31.4 Å². The molecule has 0 aliphatic heterocycles. The van der Waals surface area contributed by atoms with E-state index < -0.39 is 23.0 Å². The minimum atomic E-state index is -0.651. The number of allylic oxidation sites excluding steroid dienone is 1. The number of ether oxygens (including phenoxy) is 3. The number of amides is 1. The van der Waals surface area contributed by atoms with Gasteiger partial charge < -0.3 is 25.3 Å². The summed E-state index contributed by atoms with van der Waals surface area (Å²) in [7, 11) is 2.99. The van der Waals surface area contributed by atoms with Gasteiger partial charge >= 0.3 is 0 Å². The van der Waals surface area contributed by atoms with Crippen molar-refractivity contribution in [2.75, 3.05) is 32.8 Å². The van der Waals surface area contributed by atoms with Gasteiger partial charge in [-0.2, -0.15) is 0 Å². The molecule has 1 saturated carbocycles. The van der Waals surface area contributed by atoms with Crippen molar-refractivity contribution < 1.29 is 27.8 Å². The van der Waals surface area contributed by atoms with Crippen molar-refractivity contribution in [3.8, 4) is 5.75 Å². The average Bonchev–Trinajstić information content (AvgIpc) is 3.54. The highest BCUT2D eigenvalue weighted by molar-refractivity contribution is 5.94. The maximum atomic E-state index is 14.2. The summed E-state index contributed by atoms with van der Waals surface area (Å²) in [5, 5.41) is 2.76. The third-order valence-corrected chi connectivity index (χ3v) is 6.15. The van der Waals surface area contributed by atoms with Gasteiger partial charge in [-0.1, -0.05) is 0 Å². The molecule has 37 heavy (non-hydrogen) atoms. The molecule has 10 heteroatoms. The molecule has 0 bridgehead atoms. The van der Waals surface area contributed by atoms with Crippen LogP contribution in [-0.2, 0) is 20.7 Å². The fourth-order valence-electron chi connectivity index (χ4n) is 4.07. The largest absolute Gasteiger partial charge is 0.497 e. The van der Waals surface area contributed by atoms with Crippen molar-refractivity contribution >= 4 is 17.9 Å². The van der Waals surface area contributed by atoms with Crippen LogP contribution in [0.3, 0.4) is 0 Å². The SMILES string of the molecule is COC/C(N)=C(/C=NC(C)C)OC[C@@]1(Cc2cc(F)cc(OC)c2)C[C@H]1C(=O)Nc1cc(C)c(F)cn1. The number of aromatic nitrogens is 1. The van der Waals surface area contributed by atoms with Crippen molar-refractivity contribution in [3.63, 3.8) is 0 Å². The van der Waals surface area contributed by atoms with Crippen LogP contribution in [0.15, 0.2) is 46.9 Å². The number of carbonyl (C=O) groups is 1. The summed E-state index contributed by atoms with van der Waals surface area (Å²) in [6.07, 6.45) is 3.46. The number of nitrogens with one attached hydrogen (secondary N) is 1. The van der Waals surface area contributed by atoms with E-state index in [1.807, 2.05) is 13.8 Å². The van der Waals surface area contributed by atoms with Gasteiger partial charge in [0.05, 0.1) is 38.4 Å². The Balaban J connectivity index is 1.86. The molecule has 0 saturated heterocycles. The number of rotatable bonds is 12. The van der Waals surface area contributed by atoms with E-state index in [9.17, 15) is 13.6 Å². The molecule has 1 aromatic carbocycles. The topological polar surface area (TPSA) is 108 Å². The summed E-state index contributed by atoms with van der Waals surface area (Å²) >= 11 is 0. The number of benzene rings is 1. The van der Waals surface area contributed by atoms with Crippen LogP contribution in [0.4, 0.5) is 14.6 Å². The molecule has 3 N–H and O–H groups in total. The number of aliphatic imine (C=N–C) groups is 1. The Morgan fingerprint density at radius 2 is 2.05 bits per heavy atom. The fourth-order valence-corrected chi connectivity index (χ4v) is 4.07. The number of hydrogen-bond acceptors (Lipinski definition) is 7. The lowest BCUT2D eigenvalue weighted by Crippen LogP contribution is -2.25. The number of carbonyl (C=O) groups excluding carboxylic acids is 1. The van der Waals surface area contributed by atoms with E-state index in [4.69, 9.17) is 19.9 Å². The third-order valence-electron chi connectivity index (χ3n) is 6.15. The molecule has 2 atom stereocenters. The first-order valence-electron chi connectivity index (χ1n) is 12.0. The first kappa shape index (κ1) is 28.0. The van der Waals surface area contributed by atoms with Gasteiger partial charge in [0.15, 0.2) is 5.76 Å². The second-order valence-corrected chi connectivity index (χ2v) is 9.59. The van der Waals surface area contributed by atoms with Gasteiger partial charge in [0, 0.05) is 30.6 Å². The number of nitrogens with two attached hydrogens (primary N) is 1. The van der Waals surface area contributed by atoms with E-state index in [0.29, 0.717) is 41.2 Å². The Kier molecular flexibility index (Phi) is 9.20. The fraction of sp³-hybridized carbons (Fsp3) is 0.444. The molecule has 0 spiro atoms. The van der Waals surface area contributed by atoms with Crippen LogP contribution in [-0.4, -0.2) is 50.6 Å². The van der Waals surface area contributed by atoms with E-state index in [-0.39, 0.29) is 31.0 Å². The molecular formula is C27H34F2N4O4. The van der Waals surface area contributed by atoms with Crippen LogP contribution in [0.25, 0.3) is 0 Å². The van der Waals surface area contributed by atoms with Crippen LogP contribution in [0.2, 0.25) is 0 Å². The molecule has 2 aromatic rings. The van der Waals surface area contributed by atoms with E-state index in [1.165, 1.54) is 32.4 Å². The molecule has 1 fully saturated rings. The van der Waals surface area contributed by atoms with Crippen molar-refractivity contribution in [3.05, 3.63) is 64.7 Å². The molecular weight excluding hydrogens is 482 g/mol. The Hall–Kier alpha value is -3.53. The number of halogens is 2. The lowest BCUT2D eigenvalue weighted by molar-refractivity contribution is -0.118. The average molecular weight is 517 g/mol. The normalized spacial score (nSPS) is 19.6. The van der Waals surface area contributed by atoms with Crippen molar-refractivity contribution in [1.29, 1.82) is 0 Å². The molecule has 1 aliphatic rings. The number of nitrogens with zero attached hydrogens (tertiary/aromatic N) is 2. The molecule has 3 rings (SSSR count). The van der Waals surface area contributed by atoms with Crippen molar-refractivity contribution in [2.45, 2.75) is 39.7 Å². The maximum absolute atomic E-state index is 14.2. The quantitative estimate of drug-likeness (QED) is 0.324. The van der Waals surface area contributed by atoms with Crippen LogP contribution >= 0.6 is 0 Å². The highest BCUT2D eigenvalue weighted by Crippen LogP contribution is 2.56. The molecule has 1 heterocycles. The zero-order valence-electron chi connectivity index (χ0n) is 21.8. The Labute approximate surface area is 215 Å². The molecule has 200 valence electrons. The molecule has 0 radical (unpaired) electrons. The van der Waals surface area contributed by atoms with E-state index in [0.717, 1.165) is 6.20 Å². The van der Waals surface area contributed by atoms with Gasteiger partial charge in [-0.3, -0.25) is 9.79 Å². The summed E-state index contributed by atoms with van der Waals surface area (Å²) in [6, 6.07) is 5.94. The van der Waals surface area contributed by atoms with Crippen LogP contribution in [0, 0.1) is 29.9 Å². The summed E-state index contributed by atoms with van der Waals surface area (Å²) in [6.45, 7) is 5.71. The predicted octanol–water partition coefficient (Wildman–Crippen LogP) is 4.18. The van der Waals surface area contributed by atoms with E-state index in [1.54, 1.807) is 19.2 Å². The second-order valence-electron chi connectivity index (χ2n) is 9.59. The molecule has 1 amide bonds. The lowest BCUT2D eigenvalue weighted by Gasteiger charge is -2.20. The van der Waals surface area contributed by atoms with Gasteiger partial charge in [0.25, 0.3) is 0 Å². The minimum Gasteiger partial charge on any atom is -0.497 e. The third kappa shape index (κ3) is 7.48. The van der Waals surface area contributed by atoms with Crippen molar-refractivity contribution in [2.24, 2.45) is 22.1 Å². The zero-order valence-corrected chi connectivity index (χ0v) is 21.8. The van der Waals surface area contributed by atoms with E-state index in [2.05, 4.69) is 15.3 Å². The predicted molar refractivity (Wildman–Crippen MR) is 137 cm³/mol. The zero-order chi connectivity index (χ0) is 27.2. The molecule has 1 aliphatic carbocycles. The Morgan fingerprint density at radius 1 is 1.30 bits per heavy atom. The number of hydrogen-bond donors (Lipinski definition) is 2. The number of anilines is 1. The maximum Gasteiger partial charge on any atom is 0.229 e. The molecule has 0 unspecified atom stereocenters. The van der Waals surface area contributed by atoms with Crippen LogP contribution in [0.5, 0.6) is 5.75 Å². The molecule has 1 aromatic heterocycles. The Morgan fingerprint density at radius 3 is 2.70 bits per heavy atom. The highest BCUT2D eigenvalue weighted by Gasteiger charge is 2.58. The minimum absolute atomic E-state index is 0.0220. The first-order valence-corrected chi connectivity index (χ1v) is 12.0. The lowest BCUT2D eigenvalue weighted by atomic mass is 9.94.